The van der Waals surface area contributed by atoms with Crippen molar-refractivity contribution in [3.8, 4) is 0 Å². The maximum atomic E-state index is 14.5. The molecule has 11 heteroatoms. The van der Waals surface area contributed by atoms with E-state index in [1.807, 2.05) is 126 Å². The number of rotatable bonds is 16. The summed E-state index contributed by atoms with van der Waals surface area (Å²) in [6.07, 6.45) is -0.464. The maximum Gasteiger partial charge on any atom is 0.408 e. The summed E-state index contributed by atoms with van der Waals surface area (Å²) in [7, 11) is 0. The van der Waals surface area contributed by atoms with Crippen molar-refractivity contribution in [3.63, 3.8) is 0 Å². The Morgan fingerprint density at radius 1 is 0.564 bits per heavy atom. The smallest absolute Gasteiger partial charge is 0.408 e. The lowest BCUT2D eigenvalue weighted by atomic mass is 9.84. The molecule has 300 valence electrons. The third-order valence-electron chi connectivity index (χ3n) is 8.05. The highest BCUT2D eigenvalue weighted by molar-refractivity contribution is 8.00. The Bertz CT molecular complexity index is 1580. The first-order valence-electron chi connectivity index (χ1n) is 18.9. The van der Waals surface area contributed by atoms with Crippen LogP contribution in [-0.4, -0.2) is 71.2 Å². The van der Waals surface area contributed by atoms with Gasteiger partial charge in [-0.25, -0.2) is 9.59 Å². The zero-order chi connectivity index (χ0) is 41.0. The fraction of sp³-hybridized carbons (Fsp3) is 0.500. The minimum Gasteiger partial charge on any atom is -0.458 e. The first kappa shape index (κ1) is 45.0. The Morgan fingerprint density at radius 2 is 0.982 bits per heavy atom. The summed E-state index contributed by atoms with van der Waals surface area (Å²) in [5, 5.41) is 8.45. The minimum absolute atomic E-state index is 0.0511. The van der Waals surface area contributed by atoms with Crippen LogP contribution in [-0.2, 0) is 33.3 Å². The SMILES string of the molecule is CC(C)CC(NC(=O)C(COC(C)(C)C)NC(=O)C(CSC(c1ccccc1)(c1ccccc1)c1ccccc1)NC(=O)OC(C)(C)C)C(=O)OC(C)(C)C. The molecule has 0 aliphatic heterocycles. The molecule has 0 heterocycles. The predicted octanol–water partition coefficient (Wildman–Crippen LogP) is 7.78. The lowest BCUT2D eigenvalue weighted by Gasteiger charge is -2.36. The number of esters is 1. The van der Waals surface area contributed by atoms with Crippen LogP contribution in [0.5, 0.6) is 0 Å². The Balaban J connectivity index is 2.06. The molecule has 0 aromatic heterocycles. The molecule has 0 fully saturated rings. The number of benzene rings is 3. The molecule has 3 unspecified atom stereocenters. The number of amides is 3. The highest BCUT2D eigenvalue weighted by Gasteiger charge is 2.40. The molecule has 0 aliphatic rings. The molecule has 0 saturated carbocycles. The second-order valence-electron chi connectivity index (χ2n) is 17.0. The molecule has 3 aromatic rings. The monoisotopic (exact) mass is 775 g/mol. The number of carbonyl (C=O) groups is 4. The largest absolute Gasteiger partial charge is 0.458 e. The highest BCUT2D eigenvalue weighted by Crippen LogP contribution is 2.48. The minimum atomic E-state index is -1.22. The summed E-state index contributed by atoms with van der Waals surface area (Å²) in [4.78, 5) is 55.1. The molecule has 55 heavy (non-hydrogen) atoms. The third kappa shape index (κ3) is 14.7. The summed E-state index contributed by atoms with van der Waals surface area (Å²) in [5.41, 5.74) is 0.660. The Morgan fingerprint density at radius 3 is 1.38 bits per heavy atom. The second kappa shape index (κ2) is 19.5. The third-order valence-corrected chi connectivity index (χ3v) is 9.69. The Hall–Kier alpha value is -4.35. The number of thioether (sulfide) groups is 1. The normalized spacial score (nSPS) is 14.0. The second-order valence-corrected chi connectivity index (χ2v) is 18.2. The van der Waals surface area contributed by atoms with Gasteiger partial charge in [-0.1, -0.05) is 105 Å². The zero-order valence-electron chi connectivity index (χ0n) is 34.4. The quantitative estimate of drug-likeness (QED) is 0.0994. The van der Waals surface area contributed by atoms with Crippen molar-refractivity contribution < 1.29 is 33.4 Å². The van der Waals surface area contributed by atoms with Gasteiger partial charge in [-0.3, -0.25) is 9.59 Å². The van der Waals surface area contributed by atoms with E-state index in [1.165, 1.54) is 11.8 Å². The van der Waals surface area contributed by atoms with E-state index in [9.17, 15) is 19.2 Å². The van der Waals surface area contributed by atoms with Crippen molar-refractivity contribution >= 4 is 35.6 Å². The van der Waals surface area contributed by atoms with Crippen LogP contribution in [0.1, 0.15) is 99.3 Å². The van der Waals surface area contributed by atoms with Crippen molar-refractivity contribution in [2.45, 2.75) is 122 Å². The Kier molecular flexibility index (Phi) is 16.0. The van der Waals surface area contributed by atoms with E-state index in [4.69, 9.17) is 14.2 Å². The predicted molar refractivity (Wildman–Crippen MR) is 220 cm³/mol. The van der Waals surface area contributed by atoms with E-state index >= 15 is 0 Å². The molecule has 3 aromatic carbocycles. The maximum absolute atomic E-state index is 14.5. The van der Waals surface area contributed by atoms with Gasteiger partial charge >= 0.3 is 12.1 Å². The van der Waals surface area contributed by atoms with Gasteiger partial charge in [0.25, 0.3) is 0 Å². The molecule has 0 bridgehead atoms. The molecule has 3 rings (SSSR count). The van der Waals surface area contributed by atoms with Crippen LogP contribution < -0.4 is 16.0 Å². The van der Waals surface area contributed by atoms with Crippen molar-refractivity contribution in [1.82, 2.24) is 16.0 Å². The van der Waals surface area contributed by atoms with Crippen LogP contribution in [0.15, 0.2) is 91.0 Å². The van der Waals surface area contributed by atoms with Gasteiger partial charge in [0.05, 0.1) is 17.0 Å². The summed E-state index contributed by atoms with van der Waals surface area (Å²) in [5.74, 6) is -1.69. The van der Waals surface area contributed by atoms with E-state index < -0.39 is 63.6 Å². The van der Waals surface area contributed by atoms with Crippen molar-refractivity contribution in [1.29, 1.82) is 0 Å². The highest BCUT2D eigenvalue weighted by atomic mass is 32.2. The lowest BCUT2D eigenvalue weighted by Crippen LogP contribution is -2.59. The van der Waals surface area contributed by atoms with Gasteiger partial charge in [-0.15, -0.1) is 11.8 Å². The molecular weight excluding hydrogens is 715 g/mol. The number of alkyl carbamates (subject to hydrolysis) is 1. The molecule has 3 amide bonds. The average molecular weight is 776 g/mol. The number of hydrogen-bond donors (Lipinski definition) is 3. The molecule has 0 saturated heterocycles. The van der Waals surface area contributed by atoms with Gasteiger partial charge in [0.1, 0.15) is 29.3 Å². The number of ether oxygens (including phenoxy) is 3. The van der Waals surface area contributed by atoms with Crippen LogP contribution in [0.3, 0.4) is 0 Å². The summed E-state index contributed by atoms with van der Waals surface area (Å²) in [6, 6.07) is 26.6. The molecule has 3 atom stereocenters. The van der Waals surface area contributed by atoms with E-state index in [0.29, 0.717) is 6.42 Å². The summed E-state index contributed by atoms with van der Waals surface area (Å²) < 4.78 is 16.5. The molecule has 3 N–H and O–H groups in total. The first-order valence-corrected chi connectivity index (χ1v) is 19.9. The van der Waals surface area contributed by atoms with Crippen LogP contribution in [0.25, 0.3) is 0 Å². The molecule has 0 aliphatic carbocycles. The number of hydrogen-bond acceptors (Lipinski definition) is 8. The lowest BCUT2D eigenvalue weighted by molar-refractivity contribution is -0.159. The van der Waals surface area contributed by atoms with Crippen LogP contribution in [0.2, 0.25) is 0 Å². The fourth-order valence-electron chi connectivity index (χ4n) is 5.73. The van der Waals surface area contributed by atoms with Crippen molar-refractivity contribution in [2.75, 3.05) is 12.4 Å². The average Bonchev–Trinajstić information content (AvgIpc) is 3.08. The van der Waals surface area contributed by atoms with Gasteiger partial charge in [0.15, 0.2) is 0 Å². The van der Waals surface area contributed by atoms with Gasteiger partial charge in [0.2, 0.25) is 11.8 Å². The molecule has 0 radical (unpaired) electrons. The van der Waals surface area contributed by atoms with Crippen molar-refractivity contribution in [3.05, 3.63) is 108 Å². The van der Waals surface area contributed by atoms with Gasteiger partial charge in [0, 0.05) is 5.75 Å². The standard InChI is InChI=1S/C44H61N3O7S/c1-30(2)27-34(39(50)53-42(6,7)8)45-37(48)35(28-52-41(3,4)5)46-38(49)36(47-40(51)54-43(9,10)11)29-55-44(31-21-15-12-16-22-31,32-23-17-13-18-24-32)33-25-19-14-20-26-33/h12-26,30,34-36H,27-29H2,1-11H3,(H,45,48)(H,46,49)(H,47,51). The zero-order valence-corrected chi connectivity index (χ0v) is 35.2. The van der Waals surface area contributed by atoms with E-state index in [0.717, 1.165) is 16.7 Å². The van der Waals surface area contributed by atoms with Gasteiger partial charge in [-0.2, -0.15) is 0 Å². The first-order chi connectivity index (χ1) is 25.6. The number of carbonyl (C=O) groups excluding carboxylic acids is 4. The van der Waals surface area contributed by atoms with Gasteiger partial charge in [-0.05, 0) is 91.3 Å². The molecule has 0 spiro atoms. The van der Waals surface area contributed by atoms with Crippen LogP contribution >= 0.6 is 11.8 Å². The van der Waals surface area contributed by atoms with Crippen molar-refractivity contribution in [2.24, 2.45) is 5.92 Å². The van der Waals surface area contributed by atoms with Gasteiger partial charge < -0.3 is 30.2 Å². The van der Waals surface area contributed by atoms with Crippen LogP contribution in [0, 0.1) is 5.92 Å². The topological polar surface area (TPSA) is 132 Å². The molecule has 10 nitrogen and oxygen atoms in total. The number of nitrogens with one attached hydrogen (secondary N) is 3. The Labute approximate surface area is 332 Å². The van der Waals surface area contributed by atoms with Crippen LogP contribution in [0.4, 0.5) is 4.79 Å². The fourth-order valence-corrected chi connectivity index (χ4v) is 7.29. The summed E-state index contributed by atoms with van der Waals surface area (Å²) >= 11 is 1.48. The van der Waals surface area contributed by atoms with E-state index in [1.54, 1.807) is 41.5 Å². The molecular formula is C44H61N3O7S. The van der Waals surface area contributed by atoms with E-state index in [-0.39, 0.29) is 18.3 Å². The van der Waals surface area contributed by atoms with E-state index in [2.05, 4.69) is 16.0 Å². The summed E-state index contributed by atoms with van der Waals surface area (Å²) in [6.45, 7) is 19.7.